The number of hydrogen-bond acceptors (Lipinski definition) is 18. The van der Waals surface area contributed by atoms with Gasteiger partial charge in [-0.2, -0.15) is 20.5 Å². The van der Waals surface area contributed by atoms with E-state index < -0.39 is 17.9 Å². The normalized spacial score (nSPS) is 10.7. The summed E-state index contributed by atoms with van der Waals surface area (Å²) in [4.78, 5) is 72.3. The Labute approximate surface area is 522 Å². The molecule has 0 saturated heterocycles. The van der Waals surface area contributed by atoms with Crippen LogP contribution in [-0.2, 0) is 9.59 Å². The van der Waals surface area contributed by atoms with Gasteiger partial charge in [-0.15, -0.1) is 20.5 Å². The van der Waals surface area contributed by atoms with Gasteiger partial charge in [0.2, 0.25) is 0 Å². The summed E-state index contributed by atoms with van der Waals surface area (Å²) in [5.74, 6) is -2.27. The topological polar surface area (TPSA) is 291 Å². The molecular weight excluding hydrogens is 1140 g/mol. The largest absolute Gasteiger partial charge is 0.478 e. The maximum absolute atomic E-state index is 12.3. The van der Waals surface area contributed by atoms with Gasteiger partial charge in [-0.1, -0.05) is 75.2 Å². The SMILES string of the molecule is CC(=O)Oc1ccc(N=Nc2ccccc2C(=O)O)cc1.CCCCNC(=O)c1ccccc1N=Nc1ccc(N(C)C)cc1.CCCCNC(=O)c1ccccc1N=Nc1ccc(OC(C)=O)cc1.CN(C)c1ccc(N=Nc2ccccc2C(=O)O)cc1. The molecule has 0 saturated carbocycles. The van der Waals surface area contributed by atoms with Crippen molar-refractivity contribution in [3.63, 3.8) is 0 Å². The molecule has 0 fully saturated rings. The number of nitrogens with one attached hydrogen (secondary N) is 2. The van der Waals surface area contributed by atoms with E-state index in [9.17, 15) is 28.8 Å². The standard InChI is InChI=1S/C19H24N4O.C19H21N3O3.C15H15N3O2.C15H12N2O4/c1-4-5-14-20-19(24)17-8-6-7-9-18(17)22-21-15-10-12-16(13-11-15)23(2)3;1-3-4-13-20-19(24)17-7-5-6-8-18(17)22-21-15-9-11-16(12-10-15)25-14(2)23;1-18(2)12-9-7-11(8-10-12)16-17-14-6-4-3-5-13(14)15(19)20;1-10(18)21-12-8-6-11(7-9-12)16-17-14-5-3-2-4-13(14)15(19)20/h6-13H,4-5,14H2,1-3H3,(H,20,24);5-12H,3-4,13H2,1-2H3,(H,20,24);3-10H,1-2H3,(H,19,20);2-9H,1H3,(H,19,20). The van der Waals surface area contributed by atoms with Crippen LogP contribution in [0.1, 0.15) is 94.8 Å². The molecule has 464 valence electrons. The number of rotatable bonds is 22. The molecule has 22 nitrogen and oxygen atoms in total. The number of carbonyl (C=O) groups is 6. The van der Waals surface area contributed by atoms with Gasteiger partial charge in [0, 0.05) is 66.5 Å². The molecule has 0 bridgehead atoms. The number of azo groups is 4. The van der Waals surface area contributed by atoms with E-state index >= 15 is 0 Å². The number of unbranched alkanes of at least 4 members (excludes halogenated alkanes) is 2. The van der Waals surface area contributed by atoms with E-state index in [1.54, 1.807) is 121 Å². The summed E-state index contributed by atoms with van der Waals surface area (Å²) in [6.07, 6.45) is 3.97. The quantitative estimate of drug-likeness (QED) is 0.0213. The van der Waals surface area contributed by atoms with Crippen molar-refractivity contribution in [2.75, 3.05) is 51.1 Å². The van der Waals surface area contributed by atoms with Crippen molar-refractivity contribution in [1.29, 1.82) is 0 Å². The summed E-state index contributed by atoms with van der Waals surface area (Å²) in [5.41, 5.74) is 7.65. The first-order valence-corrected chi connectivity index (χ1v) is 28.5. The average Bonchev–Trinajstić information content (AvgIpc) is 3.41. The third-order valence-electron chi connectivity index (χ3n) is 12.2. The van der Waals surface area contributed by atoms with Crippen LogP contribution in [0.2, 0.25) is 0 Å². The zero-order chi connectivity index (χ0) is 65.2. The van der Waals surface area contributed by atoms with Crippen molar-refractivity contribution in [2.45, 2.75) is 53.4 Å². The summed E-state index contributed by atoms with van der Waals surface area (Å²) in [6.45, 7) is 8.13. The first kappa shape index (κ1) is 69.4. The van der Waals surface area contributed by atoms with Crippen molar-refractivity contribution in [1.82, 2.24) is 10.6 Å². The van der Waals surface area contributed by atoms with Crippen molar-refractivity contribution >= 4 is 92.6 Å². The Balaban J connectivity index is 0.000000219. The first-order valence-electron chi connectivity index (χ1n) is 28.5. The minimum Gasteiger partial charge on any atom is -0.478 e. The van der Waals surface area contributed by atoms with Crippen molar-refractivity contribution < 1.29 is 48.5 Å². The molecule has 0 radical (unpaired) electrons. The van der Waals surface area contributed by atoms with Crippen molar-refractivity contribution in [3.8, 4) is 11.5 Å². The van der Waals surface area contributed by atoms with Gasteiger partial charge in [0.1, 0.15) is 22.9 Å². The molecule has 8 aromatic rings. The maximum Gasteiger partial charge on any atom is 0.337 e. The summed E-state index contributed by atoms with van der Waals surface area (Å²) in [7, 11) is 7.90. The van der Waals surface area contributed by atoms with Gasteiger partial charge in [-0.3, -0.25) is 19.2 Å². The van der Waals surface area contributed by atoms with Gasteiger partial charge in [0.05, 0.1) is 56.4 Å². The van der Waals surface area contributed by atoms with Gasteiger partial charge < -0.3 is 40.1 Å². The number of nitrogens with zero attached hydrogens (tertiary/aromatic N) is 10. The lowest BCUT2D eigenvalue weighted by atomic mass is 10.1. The van der Waals surface area contributed by atoms with Crippen molar-refractivity contribution in [3.05, 3.63) is 216 Å². The number of carbonyl (C=O) groups excluding carboxylic acids is 4. The van der Waals surface area contributed by atoms with E-state index in [0.29, 0.717) is 69.8 Å². The van der Waals surface area contributed by atoms with Crippen LogP contribution in [0.25, 0.3) is 0 Å². The second-order valence-corrected chi connectivity index (χ2v) is 19.7. The van der Waals surface area contributed by atoms with Crippen LogP contribution < -0.4 is 29.9 Å². The minimum absolute atomic E-state index is 0.0813. The smallest absolute Gasteiger partial charge is 0.337 e. The van der Waals surface area contributed by atoms with Gasteiger partial charge >= 0.3 is 23.9 Å². The second kappa shape index (κ2) is 37.2. The van der Waals surface area contributed by atoms with Crippen LogP contribution in [0.15, 0.2) is 235 Å². The highest BCUT2D eigenvalue weighted by atomic mass is 16.5. The van der Waals surface area contributed by atoms with Crippen molar-refractivity contribution in [2.24, 2.45) is 40.9 Å². The third kappa shape index (κ3) is 24.2. The monoisotopic (exact) mass is 1220 g/mol. The predicted octanol–water partition coefficient (Wildman–Crippen LogP) is 16.8. The fourth-order valence-corrected chi connectivity index (χ4v) is 7.51. The second-order valence-electron chi connectivity index (χ2n) is 19.7. The molecule has 8 aromatic carbocycles. The zero-order valence-electron chi connectivity index (χ0n) is 51.4. The predicted molar refractivity (Wildman–Crippen MR) is 348 cm³/mol. The molecule has 0 unspecified atom stereocenters. The summed E-state index contributed by atoms with van der Waals surface area (Å²) in [5, 5.41) is 56.6. The number of hydrogen-bond donors (Lipinski definition) is 4. The molecule has 0 atom stereocenters. The zero-order valence-corrected chi connectivity index (χ0v) is 51.4. The summed E-state index contributed by atoms with van der Waals surface area (Å²) < 4.78 is 9.86. The number of carboxylic acids is 2. The summed E-state index contributed by atoms with van der Waals surface area (Å²) >= 11 is 0. The van der Waals surface area contributed by atoms with Crippen LogP contribution in [0.4, 0.5) is 56.9 Å². The van der Waals surface area contributed by atoms with Gasteiger partial charge in [-0.05, 0) is 158 Å². The molecule has 0 heterocycles. The Morgan fingerprint density at radius 2 is 0.622 bits per heavy atom. The van der Waals surface area contributed by atoms with Crippen LogP contribution in [0, 0.1) is 0 Å². The average molecular weight is 1220 g/mol. The highest BCUT2D eigenvalue weighted by Crippen LogP contribution is 2.28. The minimum atomic E-state index is -1.06. The molecule has 90 heavy (non-hydrogen) atoms. The van der Waals surface area contributed by atoms with Crippen LogP contribution >= 0.6 is 0 Å². The Morgan fingerprint density at radius 3 is 0.878 bits per heavy atom. The van der Waals surface area contributed by atoms with Gasteiger partial charge in [0.25, 0.3) is 11.8 Å². The maximum atomic E-state index is 12.3. The molecule has 8 rings (SSSR count). The van der Waals surface area contributed by atoms with Crippen LogP contribution in [0.5, 0.6) is 11.5 Å². The molecular formula is C68H72N12O10. The lowest BCUT2D eigenvalue weighted by molar-refractivity contribution is -0.132. The molecule has 22 heteroatoms. The molecule has 0 aliphatic heterocycles. The molecule has 0 aliphatic carbocycles. The molecule has 0 aromatic heterocycles. The lowest BCUT2D eigenvalue weighted by Crippen LogP contribution is -2.24. The summed E-state index contributed by atoms with van der Waals surface area (Å²) in [6, 6.07) is 55.5. The number of carboxylic acid groups (broad SMARTS) is 2. The fraction of sp³-hybridized carbons (Fsp3) is 0.206. The highest BCUT2D eigenvalue weighted by molar-refractivity contribution is 5.99. The number of ether oxygens (including phenoxy) is 2. The number of amides is 2. The Bertz CT molecular complexity index is 3760. The molecule has 0 aliphatic rings. The van der Waals surface area contributed by atoms with E-state index in [1.165, 1.54) is 26.0 Å². The Hall–Kier alpha value is -11.4. The Kier molecular flexibility index (Phi) is 28.7. The van der Waals surface area contributed by atoms with E-state index in [0.717, 1.165) is 42.7 Å². The number of anilines is 2. The Morgan fingerprint density at radius 1 is 0.367 bits per heavy atom. The van der Waals surface area contributed by atoms with Crippen LogP contribution in [0.3, 0.4) is 0 Å². The highest BCUT2D eigenvalue weighted by Gasteiger charge is 2.13. The van der Waals surface area contributed by atoms with Gasteiger partial charge in [0.15, 0.2) is 0 Å². The van der Waals surface area contributed by atoms with Crippen LogP contribution in [-0.4, -0.2) is 87.2 Å². The number of esters is 2. The van der Waals surface area contributed by atoms with Gasteiger partial charge in [-0.25, -0.2) is 9.59 Å². The van der Waals surface area contributed by atoms with E-state index in [-0.39, 0.29) is 34.6 Å². The third-order valence-corrected chi connectivity index (χ3v) is 12.2. The van der Waals surface area contributed by atoms with E-state index in [2.05, 4.69) is 65.4 Å². The first-order chi connectivity index (χ1) is 43.3. The van der Waals surface area contributed by atoms with E-state index in [4.69, 9.17) is 19.7 Å². The van der Waals surface area contributed by atoms with E-state index in [1.807, 2.05) is 98.7 Å². The number of aromatic carboxylic acids is 2. The molecule has 0 spiro atoms. The molecule has 4 N–H and O–H groups in total. The lowest BCUT2D eigenvalue weighted by Gasteiger charge is -2.11. The fourth-order valence-electron chi connectivity index (χ4n) is 7.51. The number of benzene rings is 8. The molecule has 2 amide bonds.